The number of hydrogen-bond acceptors (Lipinski definition) is 1. The lowest BCUT2D eigenvalue weighted by molar-refractivity contribution is 0.315. The summed E-state index contributed by atoms with van der Waals surface area (Å²) in [6, 6.07) is 4.19. The Morgan fingerprint density at radius 1 is 0.875 bits per heavy atom. The van der Waals surface area contributed by atoms with Crippen LogP contribution in [0.4, 0.5) is 0 Å². The van der Waals surface area contributed by atoms with Gasteiger partial charge in [-0.05, 0) is 35.9 Å². The van der Waals surface area contributed by atoms with E-state index in [-0.39, 0.29) is 0 Å². The third-order valence-electron chi connectivity index (χ3n) is 3.19. The fourth-order valence-corrected chi connectivity index (χ4v) is 8.00. The van der Waals surface area contributed by atoms with Crippen LogP contribution in [0.3, 0.4) is 0 Å². The van der Waals surface area contributed by atoms with E-state index in [4.69, 9.17) is 4.43 Å². The number of alkyl halides is 1. The highest BCUT2D eigenvalue weighted by atomic mass is 127. The molecule has 3 heteroatoms. The molecular weight excluding hydrogens is 327 g/mol. The van der Waals surface area contributed by atoms with E-state index in [0.717, 1.165) is 6.61 Å². The van der Waals surface area contributed by atoms with E-state index < -0.39 is 8.32 Å². The Balaban J connectivity index is 4.32. The molecule has 0 saturated carbocycles. The standard InChI is InChI=1S/C13H29IOSi/c1-4-7-11-16(15-6-3,12-8-5-2)13-9-10-14/h4-13H2,1-3H3. The number of hydrogen-bond donors (Lipinski definition) is 0. The van der Waals surface area contributed by atoms with Gasteiger partial charge in [-0.1, -0.05) is 62.1 Å². The van der Waals surface area contributed by atoms with Gasteiger partial charge in [0.2, 0.25) is 0 Å². The first-order chi connectivity index (χ1) is 7.74. The van der Waals surface area contributed by atoms with Crippen LogP contribution in [0.5, 0.6) is 0 Å². The van der Waals surface area contributed by atoms with Gasteiger partial charge in [-0.25, -0.2) is 0 Å². The van der Waals surface area contributed by atoms with Crippen LogP contribution in [0.2, 0.25) is 18.1 Å². The summed E-state index contributed by atoms with van der Waals surface area (Å²) in [5.74, 6) is 0. The summed E-state index contributed by atoms with van der Waals surface area (Å²) in [5.41, 5.74) is 0. The maximum Gasteiger partial charge on any atom is 0.192 e. The lowest BCUT2D eigenvalue weighted by atomic mass is 10.4. The molecule has 0 bridgehead atoms. The monoisotopic (exact) mass is 356 g/mol. The lowest BCUT2D eigenvalue weighted by Gasteiger charge is -2.31. The van der Waals surface area contributed by atoms with Crippen LogP contribution >= 0.6 is 22.6 Å². The van der Waals surface area contributed by atoms with E-state index in [0.29, 0.717) is 0 Å². The maximum atomic E-state index is 6.27. The van der Waals surface area contributed by atoms with E-state index in [9.17, 15) is 0 Å². The minimum absolute atomic E-state index is 0.931. The van der Waals surface area contributed by atoms with Gasteiger partial charge in [0, 0.05) is 6.61 Å². The summed E-state index contributed by atoms with van der Waals surface area (Å²) in [6.45, 7) is 7.69. The van der Waals surface area contributed by atoms with Gasteiger partial charge in [-0.15, -0.1) is 0 Å². The quantitative estimate of drug-likeness (QED) is 0.274. The molecule has 0 aliphatic carbocycles. The Bertz CT molecular complexity index is 131. The van der Waals surface area contributed by atoms with Crippen LogP contribution in [-0.2, 0) is 4.43 Å². The topological polar surface area (TPSA) is 9.23 Å². The van der Waals surface area contributed by atoms with E-state index in [1.807, 2.05) is 0 Å². The van der Waals surface area contributed by atoms with Gasteiger partial charge in [-0.2, -0.15) is 0 Å². The summed E-state index contributed by atoms with van der Waals surface area (Å²) < 4.78 is 7.56. The highest BCUT2D eigenvalue weighted by Crippen LogP contribution is 2.29. The van der Waals surface area contributed by atoms with Crippen molar-refractivity contribution in [2.24, 2.45) is 0 Å². The smallest absolute Gasteiger partial charge is 0.192 e. The Hall–Kier alpha value is 0.907. The molecule has 0 radical (unpaired) electrons. The molecule has 0 aromatic heterocycles. The van der Waals surface area contributed by atoms with Crippen molar-refractivity contribution < 1.29 is 4.43 Å². The molecule has 0 aliphatic rings. The zero-order chi connectivity index (χ0) is 12.3. The Labute approximate surface area is 117 Å². The van der Waals surface area contributed by atoms with Crippen LogP contribution in [-0.4, -0.2) is 19.4 Å². The third-order valence-corrected chi connectivity index (χ3v) is 8.65. The molecule has 0 aromatic rings. The summed E-state index contributed by atoms with van der Waals surface area (Å²) in [6.07, 6.45) is 6.74. The van der Waals surface area contributed by atoms with E-state index >= 15 is 0 Å². The lowest BCUT2D eigenvalue weighted by Crippen LogP contribution is -2.38. The van der Waals surface area contributed by atoms with Crippen LogP contribution in [0, 0.1) is 0 Å². The molecule has 0 rings (SSSR count). The van der Waals surface area contributed by atoms with Crippen molar-refractivity contribution in [3.8, 4) is 0 Å². The van der Waals surface area contributed by atoms with Crippen molar-refractivity contribution in [3.05, 3.63) is 0 Å². The van der Waals surface area contributed by atoms with Crippen LogP contribution in [0.1, 0.15) is 52.9 Å². The minimum Gasteiger partial charge on any atom is -0.417 e. The van der Waals surface area contributed by atoms with Crippen LogP contribution in [0.15, 0.2) is 0 Å². The van der Waals surface area contributed by atoms with E-state index in [2.05, 4.69) is 43.4 Å². The molecule has 0 atom stereocenters. The van der Waals surface area contributed by atoms with Gasteiger partial charge in [0.25, 0.3) is 0 Å². The Kier molecular flexibility index (Phi) is 11.6. The van der Waals surface area contributed by atoms with Gasteiger partial charge in [0.1, 0.15) is 0 Å². The SMILES string of the molecule is CCCC[Si](CCCC)(CCCI)OCC. The van der Waals surface area contributed by atoms with Gasteiger partial charge in [0.05, 0.1) is 0 Å². The number of halogens is 1. The second-order valence-corrected chi connectivity index (χ2v) is 9.85. The zero-order valence-electron chi connectivity index (χ0n) is 11.4. The molecular formula is C13H29IOSi. The average Bonchev–Trinajstić information content (AvgIpc) is 2.31. The fourth-order valence-electron chi connectivity index (χ4n) is 2.28. The van der Waals surface area contributed by atoms with Gasteiger partial charge in [0.15, 0.2) is 8.32 Å². The van der Waals surface area contributed by atoms with Crippen molar-refractivity contribution in [1.82, 2.24) is 0 Å². The highest BCUT2D eigenvalue weighted by Gasteiger charge is 2.32. The first kappa shape index (κ1) is 16.9. The highest BCUT2D eigenvalue weighted by molar-refractivity contribution is 14.1. The number of rotatable bonds is 11. The van der Waals surface area contributed by atoms with Crippen molar-refractivity contribution in [2.75, 3.05) is 11.0 Å². The summed E-state index contributed by atoms with van der Waals surface area (Å²) in [5, 5.41) is 0. The Morgan fingerprint density at radius 3 is 1.75 bits per heavy atom. The minimum atomic E-state index is -1.36. The fraction of sp³-hybridized carbons (Fsp3) is 1.00. The molecule has 0 fully saturated rings. The first-order valence-corrected chi connectivity index (χ1v) is 11.0. The second-order valence-electron chi connectivity index (χ2n) is 4.62. The summed E-state index contributed by atoms with van der Waals surface area (Å²) >= 11 is 2.50. The molecule has 98 valence electrons. The zero-order valence-corrected chi connectivity index (χ0v) is 14.5. The van der Waals surface area contributed by atoms with Crippen molar-refractivity contribution in [1.29, 1.82) is 0 Å². The summed E-state index contributed by atoms with van der Waals surface area (Å²) in [4.78, 5) is 0. The molecule has 0 unspecified atom stereocenters. The van der Waals surface area contributed by atoms with E-state index in [1.165, 1.54) is 54.7 Å². The van der Waals surface area contributed by atoms with Gasteiger partial charge in [-0.3, -0.25) is 0 Å². The van der Waals surface area contributed by atoms with Gasteiger partial charge < -0.3 is 4.43 Å². The van der Waals surface area contributed by atoms with E-state index in [1.54, 1.807) is 0 Å². The van der Waals surface area contributed by atoms with Crippen molar-refractivity contribution in [2.45, 2.75) is 71.0 Å². The molecule has 0 aromatic carbocycles. The molecule has 1 nitrogen and oxygen atoms in total. The second kappa shape index (κ2) is 11.0. The third kappa shape index (κ3) is 7.28. The van der Waals surface area contributed by atoms with Crippen LogP contribution in [0.25, 0.3) is 0 Å². The molecule has 0 saturated heterocycles. The molecule has 16 heavy (non-hydrogen) atoms. The van der Waals surface area contributed by atoms with Crippen LogP contribution < -0.4 is 0 Å². The predicted molar refractivity (Wildman–Crippen MR) is 85.1 cm³/mol. The normalized spacial score (nSPS) is 12.0. The largest absolute Gasteiger partial charge is 0.417 e. The molecule has 0 spiro atoms. The molecule has 0 aliphatic heterocycles. The van der Waals surface area contributed by atoms with Crippen molar-refractivity contribution >= 4 is 30.9 Å². The first-order valence-electron chi connectivity index (χ1n) is 6.94. The summed E-state index contributed by atoms with van der Waals surface area (Å²) in [7, 11) is -1.36. The number of unbranched alkanes of at least 4 members (excludes halogenated alkanes) is 2. The average molecular weight is 356 g/mol. The molecule has 0 N–H and O–H groups in total. The molecule has 0 heterocycles. The maximum absolute atomic E-state index is 6.27. The predicted octanol–water partition coefficient (Wildman–Crippen LogP) is 5.39. The molecule has 0 amide bonds. The van der Waals surface area contributed by atoms with Gasteiger partial charge >= 0.3 is 0 Å². The Morgan fingerprint density at radius 2 is 1.38 bits per heavy atom. The van der Waals surface area contributed by atoms with Crippen molar-refractivity contribution in [3.63, 3.8) is 0 Å².